The number of aromatic nitrogens is 4. The molecule has 11 rings (SSSR count). The molecule has 8 bridgehead atoms. The van der Waals surface area contributed by atoms with Gasteiger partial charge in [0.2, 0.25) is 11.8 Å². The van der Waals surface area contributed by atoms with Crippen LogP contribution in [-0.2, 0) is 19.1 Å². The third-order valence-electron chi connectivity index (χ3n) is 13.7. The van der Waals surface area contributed by atoms with Crippen LogP contribution in [0.3, 0.4) is 0 Å². The minimum Gasteiger partial charge on any atom is -0.377 e. The third kappa shape index (κ3) is 10.8. The van der Waals surface area contributed by atoms with Crippen LogP contribution in [0, 0.1) is 0 Å². The molecule has 0 radical (unpaired) electrons. The highest BCUT2D eigenvalue weighted by Gasteiger charge is 2.42. The van der Waals surface area contributed by atoms with Crippen molar-refractivity contribution in [1.82, 2.24) is 35.9 Å². The van der Waals surface area contributed by atoms with Gasteiger partial charge in [-0.2, -0.15) is 11.8 Å². The Morgan fingerprint density at radius 2 is 1.04 bits per heavy atom. The molecule has 7 aromatic rings. The number of nitrogens with zero attached hydrogens (tertiary/aromatic N) is 2. The van der Waals surface area contributed by atoms with Gasteiger partial charge in [0.05, 0.1) is 54.7 Å². The Hall–Kier alpha value is -8.04. The van der Waals surface area contributed by atoms with Crippen molar-refractivity contribution < 1.29 is 23.9 Å². The van der Waals surface area contributed by atoms with Crippen LogP contribution < -0.4 is 21.3 Å². The Morgan fingerprint density at radius 1 is 0.554 bits per heavy atom. The van der Waals surface area contributed by atoms with Crippen molar-refractivity contribution >= 4 is 81.7 Å². The monoisotopic (exact) mass is 1000 g/mol. The van der Waals surface area contributed by atoms with Gasteiger partial charge in [0.15, 0.2) is 0 Å². The molecule has 0 aliphatic carbocycles. The summed E-state index contributed by atoms with van der Waals surface area (Å²) in [5.41, 5.74) is 15.4. The number of hydrogen-bond donors (Lipinski definition) is 6. The second kappa shape index (κ2) is 22.4. The van der Waals surface area contributed by atoms with Gasteiger partial charge >= 0.3 is 6.03 Å². The van der Waals surface area contributed by atoms with Crippen LogP contribution in [-0.4, -0.2) is 93.8 Å². The second-order valence-electron chi connectivity index (χ2n) is 18.6. The number of benzene rings is 4. The number of hydrogen-bond acceptors (Lipinski definition) is 8. The lowest BCUT2D eigenvalue weighted by molar-refractivity contribution is -0.122. The molecular formula is C60H56N8O5S. The zero-order chi connectivity index (χ0) is 50.2. The number of ether oxygens (including phenoxy) is 2. The molecule has 0 unspecified atom stereocenters. The molecular weight excluding hydrogens is 945 g/mol. The molecule has 4 amide bonds. The smallest absolute Gasteiger partial charge is 0.315 e. The molecule has 4 aromatic carbocycles. The molecule has 6 N–H and O–H groups in total. The summed E-state index contributed by atoms with van der Waals surface area (Å²) >= 11 is 1.89. The molecule has 74 heavy (non-hydrogen) atoms. The van der Waals surface area contributed by atoms with Gasteiger partial charge < -0.3 is 40.7 Å². The molecule has 2 saturated heterocycles. The number of carbonyl (C=O) groups is 3. The maximum Gasteiger partial charge on any atom is 0.315 e. The maximum absolute atomic E-state index is 13.0. The van der Waals surface area contributed by atoms with E-state index in [2.05, 4.69) is 128 Å². The number of carbonyl (C=O) groups excluding carboxylic acids is 3. The quantitative estimate of drug-likeness (QED) is 0.0364. The van der Waals surface area contributed by atoms with E-state index in [0.29, 0.717) is 37.1 Å². The predicted molar refractivity (Wildman–Crippen MR) is 298 cm³/mol. The highest BCUT2D eigenvalue weighted by atomic mass is 32.2. The third-order valence-corrected chi connectivity index (χ3v) is 15.2. The summed E-state index contributed by atoms with van der Waals surface area (Å²) in [7, 11) is 0. The van der Waals surface area contributed by atoms with E-state index >= 15 is 0 Å². The van der Waals surface area contributed by atoms with Gasteiger partial charge in [0.25, 0.3) is 0 Å². The van der Waals surface area contributed by atoms with Crippen LogP contribution in [0.1, 0.15) is 48.5 Å². The standard InChI is InChI=1S/C60H56N8O5S/c69-53(19-11-10-18-52-59-51(37-74-52)67-60(71)68-59)61-32-33-72-34-35-73-36-54(70)62-42-22-20-41(21-23-42)58-49-30-28-47(65-49)56(39-14-6-2-7-15-39)45-26-24-43(63-45)55(38-12-4-1-5-13-38)44-25-27-46(64-44)57(40-16-8-3-9-17-40)48-29-31-50(58)66-48/h1-9,12-17,20-31,51-52,59,63,66H,10-11,18-19,32-37H2,(H,61,69)(H,62,70)(H2,67,68,71)/t51-,52-,59-/m0/s1. The second-order valence-corrected chi connectivity index (χ2v) is 19.9. The summed E-state index contributed by atoms with van der Waals surface area (Å²) in [4.78, 5) is 55.4. The van der Waals surface area contributed by atoms with E-state index in [1.165, 1.54) is 0 Å². The summed E-state index contributed by atoms with van der Waals surface area (Å²) < 4.78 is 11.3. The van der Waals surface area contributed by atoms with Crippen molar-refractivity contribution in [2.45, 2.75) is 43.0 Å². The van der Waals surface area contributed by atoms with E-state index in [-0.39, 0.29) is 43.1 Å². The number of unbranched alkanes of at least 4 members (excludes halogenated alkanes) is 1. The molecule has 14 heteroatoms. The number of rotatable bonds is 18. The normalized spacial score (nSPS) is 16.4. The van der Waals surface area contributed by atoms with Crippen molar-refractivity contribution in [3.05, 3.63) is 162 Å². The lowest BCUT2D eigenvalue weighted by Crippen LogP contribution is -2.36. The average Bonchev–Trinajstić information content (AvgIpc) is 4.31. The molecule has 7 heterocycles. The predicted octanol–water partition coefficient (Wildman–Crippen LogP) is 11.1. The summed E-state index contributed by atoms with van der Waals surface area (Å²) in [5, 5.41) is 12.3. The first-order valence-corrected chi connectivity index (χ1v) is 26.3. The Balaban J connectivity index is 0.796. The number of H-pyrrole nitrogens is 2. The maximum atomic E-state index is 13.0. The van der Waals surface area contributed by atoms with E-state index in [0.717, 1.165) is 114 Å². The van der Waals surface area contributed by atoms with Crippen LogP contribution in [0.4, 0.5) is 10.5 Å². The fraction of sp³-hybridized carbons (Fsp3) is 0.217. The highest BCUT2D eigenvalue weighted by molar-refractivity contribution is 8.00. The summed E-state index contributed by atoms with van der Waals surface area (Å²) in [6.45, 7) is 1.14. The van der Waals surface area contributed by atoms with Crippen LogP contribution in [0.2, 0.25) is 0 Å². The molecule has 3 atom stereocenters. The van der Waals surface area contributed by atoms with Crippen molar-refractivity contribution in [3.63, 3.8) is 0 Å². The van der Waals surface area contributed by atoms with Gasteiger partial charge in [0.1, 0.15) is 6.61 Å². The molecule has 4 aliphatic rings. The Labute approximate surface area is 433 Å². The van der Waals surface area contributed by atoms with Crippen molar-refractivity contribution in [2.75, 3.05) is 44.0 Å². The number of amides is 4. The van der Waals surface area contributed by atoms with Crippen molar-refractivity contribution in [1.29, 1.82) is 0 Å². The summed E-state index contributed by atoms with van der Waals surface area (Å²) in [6.07, 6.45) is 11.5. The van der Waals surface area contributed by atoms with E-state index in [4.69, 9.17) is 19.4 Å². The fourth-order valence-electron chi connectivity index (χ4n) is 10.2. The zero-order valence-corrected chi connectivity index (χ0v) is 41.6. The summed E-state index contributed by atoms with van der Waals surface area (Å²) in [6, 6.07) is 47.6. The minimum absolute atomic E-state index is 0.00163. The largest absolute Gasteiger partial charge is 0.377 e. The number of fused-ring (bicyclic) bond motifs is 9. The number of nitrogens with one attached hydrogen (secondary N) is 6. The SMILES string of the molecule is O=C(CCCC[C@@H]1SC[C@@H]2NC(=O)N[C@@H]21)NCCOCCOCC(=O)Nc1ccc(-c2c3nc(c(-c4ccccc4)c4ccc([nH]4)c(-c4ccccc4)c4nc(c(-c5ccccc5)c5ccc2[nH]5)C=C4)C=C3)cc1. The molecule has 3 aromatic heterocycles. The number of urea groups is 1. The molecule has 13 nitrogen and oxygen atoms in total. The van der Waals surface area contributed by atoms with Crippen LogP contribution in [0.15, 0.2) is 140 Å². The van der Waals surface area contributed by atoms with Crippen molar-refractivity contribution in [3.8, 4) is 44.5 Å². The van der Waals surface area contributed by atoms with Crippen LogP contribution in [0.25, 0.3) is 90.9 Å². The molecule has 0 spiro atoms. The number of aromatic amines is 2. The van der Waals surface area contributed by atoms with Gasteiger partial charge in [0, 0.05) is 74.0 Å². The molecule has 372 valence electrons. The van der Waals surface area contributed by atoms with Gasteiger partial charge in [-0.3, -0.25) is 9.59 Å². The van der Waals surface area contributed by atoms with E-state index in [9.17, 15) is 14.4 Å². The van der Waals surface area contributed by atoms with E-state index < -0.39 is 0 Å². The van der Waals surface area contributed by atoms with Gasteiger partial charge in [-0.05, 0) is 95.8 Å². The molecule has 2 fully saturated rings. The first-order chi connectivity index (χ1) is 36.4. The van der Waals surface area contributed by atoms with Crippen molar-refractivity contribution in [2.24, 2.45) is 0 Å². The number of anilines is 1. The summed E-state index contributed by atoms with van der Waals surface area (Å²) in [5.74, 6) is 0.650. The minimum atomic E-state index is -0.284. The Morgan fingerprint density at radius 3 is 1.55 bits per heavy atom. The fourth-order valence-corrected chi connectivity index (χ4v) is 11.7. The lowest BCUT2D eigenvalue weighted by Gasteiger charge is -2.16. The van der Waals surface area contributed by atoms with Gasteiger partial charge in [-0.1, -0.05) is 110 Å². The van der Waals surface area contributed by atoms with Crippen LogP contribution >= 0.6 is 11.8 Å². The highest BCUT2D eigenvalue weighted by Crippen LogP contribution is 2.39. The Kier molecular flexibility index (Phi) is 14.6. The number of thioether (sulfide) groups is 1. The Bertz CT molecular complexity index is 3370. The zero-order valence-electron chi connectivity index (χ0n) is 40.7. The first kappa shape index (κ1) is 48.2. The molecule has 4 aliphatic heterocycles. The van der Waals surface area contributed by atoms with E-state index in [1.807, 2.05) is 78.5 Å². The molecule has 0 saturated carbocycles. The topological polar surface area (TPSA) is 175 Å². The average molecular weight is 1000 g/mol. The van der Waals surface area contributed by atoms with E-state index in [1.54, 1.807) is 0 Å². The lowest BCUT2D eigenvalue weighted by atomic mass is 10.0. The van der Waals surface area contributed by atoms with Crippen LogP contribution in [0.5, 0.6) is 0 Å². The van der Waals surface area contributed by atoms with Gasteiger partial charge in [-0.15, -0.1) is 0 Å². The first-order valence-electron chi connectivity index (χ1n) is 25.3. The van der Waals surface area contributed by atoms with Gasteiger partial charge in [-0.25, -0.2) is 14.8 Å².